The number of rotatable bonds is 4. The smallest absolute Gasteiger partial charge is 0.243 e. The molecule has 0 aliphatic rings. The number of methoxy groups -OCH3 is 1. The van der Waals surface area contributed by atoms with Gasteiger partial charge in [0.25, 0.3) is 0 Å². The number of amides is 1. The Labute approximate surface area is 105 Å². The Morgan fingerprint density at radius 3 is 2.82 bits per heavy atom. The highest BCUT2D eigenvalue weighted by atomic mass is 35.5. The number of aliphatic hydroxyl groups excluding tert-OH is 1. The molecule has 1 atom stereocenters. The number of carbonyl (C=O) groups excluding carboxylic acids is 1. The predicted molar refractivity (Wildman–Crippen MR) is 66.4 cm³/mol. The maximum Gasteiger partial charge on any atom is 0.243 e. The number of anilines is 1. The Morgan fingerprint density at radius 2 is 2.29 bits per heavy atom. The van der Waals surface area contributed by atoms with Crippen LogP contribution in [0.4, 0.5) is 5.69 Å². The lowest BCUT2D eigenvalue weighted by atomic mass is 10.2. The van der Waals surface area contributed by atoms with E-state index in [1.54, 1.807) is 12.1 Å². The molecule has 0 radical (unpaired) electrons. The van der Waals surface area contributed by atoms with Crippen molar-refractivity contribution in [2.75, 3.05) is 19.0 Å². The molecular formula is C11H15ClN2O3. The van der Waals surface area contributed by atoms with Crippen LogP contribution < -0.4 is 15.8 Å². The van der Waals surface area contributed by atoms with E-state index in [0.717, 1.165) is 5.56 Å². The largest absolute Gasteiger partial charge is 0.495 e. The van der Waals surface area contributed by atoms with Gasteiger partial charge in [0.2, 0.25) is 5.91 Å². The summed E-state index contributed by atoms with van der Waals surface area (Å²) in [5.74, 6) is -0.00360. The third-order valence-electron chi connectivity index (χ3n) is 2.27. The monoisotopic (exact) mass is 258 g/mol. The van der Waals surface area contributed by atoms with Crippen LogP contribution in [0, 0.1) is 6.92 Å². The average molecular weight is 259 g/mol. The van der Waals surface area contributed by atoms with Crippen molar-refractivity contribution < 1.29 is 14.6 Å². The lowest BCUT2D eigenvalue weighted by molar-refractivity contribution is -0.118. The molecule has 0 aliphatic heterocycles. The molecule has 1 aromatic carbocycles. The number of hydrogen-bond donors (Lipinski definition) is 3. The van der Waals surface area contributed by atoms with Gasteiger partial charge in [-0.2, -0.15) is 0 Å². The van der Waals surface area contributed by atoms with Gasteiger partial charge in [-0.1, -0.05) is 11.6 Å². The molecule has 0 heterocycles. The Balaban J connectivity index is 2.97. The van der Waals surface area contributed by atoms with E-state index in [4.69, 9.17) is 27.2 Å². The summed E-state index contributed by atoms with van der Waals surface area (Å²) in [4.78, 5) is 11.5. The Kier molecular flexibility index (Phi) is 4.74. The zero-order valence-corrected chi connectivity index (χ0v) is 10.4. The topological polar surface area (TPSA) is 84.6 Å². The minimum absolute atomic E-state index is 0.423. The lowest BCUT2D eigenvalue weighted by Gasteiger charge is -2.14. The molecule has 6 heteroatoms. The van der Waals surface area contributed by atoms with Crippen LogP contribution in [0.2, 0.25) is 5.02 Å². The second-order valence-corrected chi connectivity index (χ2v) is 3.99. The van der Waals surface area contributed by atoms with Gasteiger partial charge >= 0.3 is 0 Å². The van der Waals surface area contributed by atoms with E-state index in [1.807, 2.05) is 6.92 Å². The highest BCUT2D eigenvalue weighted by Gasteiger charge is 2.15. The van der Waals surface area contributed by atoms with Gasteiger partial charge in [0.15, 0.2) is 0 Å². The van der Waals surface area contributed by atoms with Crippen molar-refractivity contribution in [3.63, 3.8) is 0 Å². The van der Waals surface area contributed by atoms with Crippen LogP contribution in [-0.4, -0.2) is 30.8 Å². The third-order valence-corrected chi connectivity index (χ3v) is 2.68. The van der Waals surface area contributed by atoms with Gasteiger partial charge in [-0.15, -0.1) is 0 Å². The molecule has 17 heavy (non-hydrogen) atoms. The number of aliphatic hydroxyl groups is 1. The molecule has 0 saturated carbocycles. The van der Waals surface area contributed by atoms with E-state index in [-0.39, 0.29) is 0 Å². The number of benzene rings is 1. The highest BCUT2D eigenvalue weighted by Crippen LogP contribution is 2.30. The lowest BCUT2D eigenvalue weighted by Crippen LogP contribution is -2.38. The SMILES string of the molecule is COc1cc(C)c(Cl)cc1NC(=O)C(N)CO. The molecule has 5 nitrogen and oxygen atoms in total. The molecule has 4 N–H and O–H groups in total. The van der Waals surface area contributed by atoms with Crippen LogP contribution >= 0.6 is 11.6 Å². The highest BCUT2D eigenvalue weighted by molar-refractivity contribution is 6.31. The summed E-state index contributed by atoms with van der Waals surface area (Å²) in [6, 6.07) is 2.32. The maximum absolute atomic E-state index is 11.5. The van der Waals surface area contributed by atoms with Gasteiger partial charge in [0.05, 0.1) is 19.4 Å². The van der Waals surface area contributed by atoms with E-state index in [2.05, 4.69) is 5.32 Å². The van der Waals surface area contributed by atoms with E-state index in [1.165, 1.54) is 7.11 Å². The van der Waals surface area contributed by atoms with Crippen LogP contribution in [0.15, 0.2) is 12.1 Å². The van der Waals surface area contributed by atoms with Crippen LogP contribution in [0.3, 0.4) is 0 Å². The normalized spacial score (nSPS) is 12.1. The van der Waals surface area contributed by atoms with Crippen molar-refractivity contribution in [1.82, 2.24) is 0 Å². The fourth-order valence-corrected chi connectivity index (χ4v) is 1.39. The second-order valence-electron chi connectivity index (χ2n) is 3.58. The molecule has 1 aromatic rings. The number of nitrogens with one attached hydrogen (secondary N) is 1. The summed E-state index contributed by atoms with van der Waals surface area (Å²) in [6.07, 6.45) is 0. The van der Waals surface area contributed by atoms with Crippen molar-refractivity contribution >= 4 is 23.2 Å². The first-order valence-corrected chi connectivity index (χ1v) is 5.38. The Bertz CT molecular complexity index is 423. The van der Waals surface area contributed by atoms with Crippen molar-refractivity contribution in [2.45, 2.75) is 13.0 Å². The fourth-order valence-electron chi connectivity index (χ4n) is 1.23. The number of halogens is 1. The fraction of sp³-hybridized carbons (Fsp3) is 0.364. The third kappa shape index (κ3) is 3.33. The minimum atomic E-state index is -0.972. The summed E-state index contributed by atoms with van der Waals surface area (Å²) in [6.45, 7) is 1.41. The molecule has 0 spiro atoms. The number of ether oxygens (including phenoxy) is 1. The number of nitrogens with two attached hydrogens (primary N) is 1. The molecule has 0 saturated heterocycles. The van der Waals surface area contributed by atoms with Gasteiger partial charge in [-0.25, -0.2) is 0 Å². The summed E-state index contributed by atoms with van der Waals surface area (Å²) < 4.78 is 5.12. The number of carbonyl (C=O) groups is 1. The Hall–Kier alpha value is -1.30. The van der Waals surface area contributed by atoms with Crippen molar-refractivity contribution in [3.8, 4) is 5.75 Å². The standard InChI is InChI=1S/C11H15ClN2O3/c1-6-3-10(17-2)9(4-7(6)12)14-11(16)8(13)5-15/h3-4,8,15H,5,13H2,1-2H3,(H,14,16). The quantitative estimate of drug-likeness (QED) is 0.750. The molecule has 0 aromatic heterocycles. The van der Waals surface area contributed by atoms with Gasteiger partial charge in [-0.05, 0) is 24.6 Å². The van der Waals surface area contributed by atoms with Crippen molar-refractivity contribution in [2.24, 2.45) is 5.73 Å². The molecule has 0 bridgehead atoms. The second kappa shape index (κ2) is 5.86. The number of hydrogen-bond acceptors (Lipinski definition) is 4. The Morgan fingerprint density at radius 1 is 1.65 bits per heavy atom. The molecular weight excluding hydrogens is 244 g/mol. The van der Waals surface area contributed by atoms with E-state index < -0.39 is 18.6 Å². The van der Waals surface area contributed by atoms with Crippen LogP contribution in [0.1, 0.15) is 5.56 Å². The van der Waals surface area contributed by atoms with Crippen molar-refractivity contribution in [1.29, 1.82) is 0 Å². The van der Waals surface area contributed by atoms with Gasteiger partial charge in [-0.3, -0.25) is 4.79 Å². The first-order valence-electron chi connectivity index (χ1n) is 5.01. The van der Waals surface area contributed by atoms with E-state index in [0.29, 0.717) is 16.5 Å². The van der Waals surface area contributed by atoms with E-state index in [9.17, 15) is 4.79 Å². The first kappa shape index (κ1) is 13.8. The number of aryl methyl sites for hydroxylation is 1. The van der Waals surface area contributed by atoms with Gasteiger partial charge < -0.3 is 20.9 Å². The molecule has 1 amide bonds. The summed E-state index contributed by atoms with van der Waals surface area (Å²) in [5.41, 5.74) is 6.66. The van der Waals surface area contributed by atoms with E-state index >= 15 is 0 Å². The van der Waals surface area contributed by atoms with Crippen LogP contribution in [0.5, 0.6) is 5.75 Å². The molecule has 1 unspecified atom stereocenters. The zero-order chi connectivity index (χ0) is 13.0. The van der Waals surface area contributed by atoms with Gasteiger partial charge in [0.1, 0.15) is 11.8 Å². The molecule has 94 valence electrons. The summed E-state index contributed by atoms with van der Waals surface area (Å²) in [5, 5.41) is 11.8. The molecule has 1 rings (SSSR count). The predicted octanol–water partition coefficient (Wildman–Crippen LogP) is 0.915. The zero-order valence-electron chi connectivity index (χ0n) is 9.66. The average Bonchev–Trinajstić information content (AvgIpc) is 2.32. The maximum atomic E-state index is 11.5. The summed E-state index contributed by atoms with van der Waals surface area (Å²) >= 11 is 5.95. The van der Waals surface area contributed by atoms with Crippen LogP contribution in [0.25, 0.3) is 0 Å². The summed E-state index contributed by atoms with van der Waals surface area (Å²) in [7, 11) is 1.49. The van der Waals surface area contributed by atoms with Crippen LogP contribution in [-0.2, 0) is 4.79 Å². The molecule has 0 fully saturated rings. The first-order chi connectivity index (χ1) is 7.99. The van der Waals surface area contributed by atoms with Crippen molar-refractivity contribution in [3.05, 3.63) is 22.7 Å². The molecule has 0 aliphatic carbocycles. The minimum Gasteiger partial charge on any atom is -0.495 e. The van der Waals surface area contributed by atoms with Gasteiger partial charge in [0, 0.05) is 5.02 Å².